The van der Waals surface area contributed by atoms with E-state index in [-0.39, 0.29) is 31.0 Å². The van der Waals surface area contributed by atoms with Crippen molar-refractivity contribution in [3.05, 3.63) is 30.6 Å². The fourth-order valence-electron chi connectivity index (χ4n) is 0.313. The Balaban J connectivity index is -0.000000114. The van der Waals surface area contributed by atoms with Crippen molar-refractivity contribution >= 4 is 10.6 Å². The minimum atomic E-state index is 0. The zero-order valence-corrected chi connectivity index (χ0v) is 8.80. The molecule has 0 aliphatic heterocycles. The molecule has 0 spiro atoms. The molecule has 49 valence electrons. The van der Waals surface area contributed by atoms with E-state index < -0.39 is 0 Å². The van der Waals surface area contributed by atoms with Gasteiger partial charge in [0.1, 0.15) is 0 Å². The summed E-state index contributed by atoms with van der Waals surface area (Å²) in [4.78, 5) is 3.78. The molecule has 0 aliphatic rings. The second kappa shape index (κ2) is 11.7. The Bertz CT molecular complexity index is 105. The maximum Gasteiger partial charge on any atom is 0.0267 e. The number of hydrogen-bond acceptors (Lipinski definition) is 2. The normalized spacial score (nSPS) is 6.00. The Morgan fingerprint density at radius 2 is 1.56 bits per heavy atom. The molecule has 1 aromatic rings. The van der Waals surface area contributed by atoms with E-state index in [9.17, 15) is 0 Å². The molecule has 0 radical (unpaired) electrons. The molecule has 0 saturated carbocycles. The molecule has 0 atom stereocenters. The van der Waals surface area contributed by atoms with Crippen LogP contribution in [-0.2, 0) is 14.4 Å². The predicted octanol–water partition coefficient (Wildman–Crippen LogP) is -1.16. The molecule has 0 fully saturated rings. The van der Waals surface area contributed by atoms with Crippen molar-refractivity contribution < 1.29 is 45.4 Å². The third-order valence-corrected chi connectivity index (χ3v) is 0.566. The summed E-state index contributed by atoms with van der Waals surface area (Å²) in [6, 6.07) is 5.72. The van der Waals surface area contributed by atoms with Gasteiger partial charge in [0.05, 0.1) is 0 Å². The summed E-state index contributed by atoms with van der Waals surface area (Å²) >= 11 is 3.77. The SMILES string of the molecule is [H-].[Na+].[S]=[Cu].c1ccncc1. The van der Waals surface area contributed by atoms with E-state index in [4.69, 9.17) is 0 Å². The van der Waals surface area contributed by atoms with E-state index in [2.05, 4.69) is 29.9 Å². The predicted molar refractivity (Wildman–Crippen MR) is 32.9 cm³/mol. The molecule has 1 rings (SSSR count). The second-order valence-corrected chi connectivity index (χ2v) is 1.02. The van der Waals surface area contributed by atoms with Gasteiger partial charge in [-0.2, -0.15) is 0 Å². The summed E-state index contributed by atoms with van der Waals surface area (Å²) in [5.74, 6) is 0. The van der Waals surface area contributed by atoms with Crippen LogP contribution >= 0.6 is 10.6 Å². The van der Waals surface area contributed by atoms with E-state index in [0.29, 0.717) is 0 Å². The summed E-state index contributed by atoms with van der Waals surface area (Å²) in [6.07, 6.45) is 3.50. The molecule has 4 heteroatoms. The number of rotatable bonds is 0. The van der Waals surface area contributed by atoms with E-state index in [1.807, 2.05) is 18.2 Å². The van der Waals surface area contributed by atoms with Gasteiger partial charge in [0.25, 0.3) is 0 Å². The van der Waals surface area contributed by atoms with Crippen LogP contribution in [0.1, 0.15) is 1.43 Å². The topological polar surface area (TPSA) is 12.9 Å². The molecule has 0 saturated heterocycles. The van der Waals surface area contributed by atoms with Gasteiger partial charge < -0.3 is 1.43 Å². The number of nitrogens with zero attached hydrogens (tertiary/aromatic N) is 1. The van der Waals surface area contributed by atoms with E-state index in [1.165, 1.54) is 0 Å². The van der Waals surface area contributed by atoms with Crippen molar-refractivity contribution in [2.75, 3.05) is 0 Å². The van der Waals surface area contributed by atoms with Crippen molar-refractivity contribution in [1.29, 1.82) is 0 Å². The largest absolute Gasteiger partial charge is 0.265 e. The number of hydrogen-bond donors (Lipinski definition) is 0. The Morgan fingerprint density at radius 3 is 1.67 bits per heavy atom. The molecule has 9 heavy (non-hydrogen) atoms. The first-order valence-corrected chi connectivity index (χ1v) is 3.37. The van der Waals surface area contributed by atoms with Crippen molar-refractivity contribution in [3.8, 4) is 0 Å². The minimum absolute atomic E-state index is 0. The zero-order chi connectivity index (χ0) is 6.24. The van der Waals surface area contributed by atoms with Crippen LogP contribution in [0.15, 0.2) is 30.6 Å². The van der Waals surface area contributed by atoms with Crippen molar-refractivity contribution in [2.45, 2.75) is 0 Å². The van der Waals surface area contributed by atoms with Crippen LogP contribution in [0.5, 0.6) is 0 Å². The van der Waals surface area contributed by atoms with Gasteiger partial charge >= 0.3 is 54.5 Å². The Kier molecular flexibility index (Phi) is 16.3. The average molecular weight is 199 g/mol. The van der Waals surface area contributed by atoms with Gasteiger partial charge in [-0.3, -0.25) is 4.98 Å². The summed E-state index contributed by atoms with van der Waals surface area (Å²) in [6.45, 7) is 0. The Labute approximate surface area is 90.7 Å². The van der Waals surface area contributed by atoms with Crippen molar-refractivity contribution in [3.63, 3.8) is 0 Å². The van der Waals surface area contributed by atoms with Gasteiger partial charge in [-0.15, -0.1) is 0 Å². The fraction of sp³-hybridized carbons (Fsp3) is 0. The molecular formula is C5H6CuNNaS. The summed E-state index contributed by atoms with van der Waals surface area (Å²) in [5, 5.41) is 0. The first kappa shape index (κ1) is 12.6. The van der Waals surface area contributed by atoms with E-state index >= 15 is 0 Å². The van der Waals surface area contributed by atoms with Crippen LogP contribution in [-0.4, -0.2) is 4.98 Å². The summed E-state index contributed by atoms with van der Waals surface area (Å²) < 4.78 is 0. The van der Waals surface area contributed by atoms with E-state index in [1.54, 1.807) is 12.4 Å². The molecule has 0 N–H and O–H groups in total. The Morgan fingerprint density at radius 1 is 1.11 bits per heavy atom. The van der Waals surface area contributed by atoms with Crippen LogP contribution in [0, 0.1) is 0 Å². The molecule has 0 aliphatic carbocycles. The third kappa shape index (κ3) is 8.89. The van der Waals surface area contributed by atoms with Gasteiger partial charge in [0.15, 0.2) is 0 Å². The van der Waals surface area contributed by atoms with Gasteiger partial charge in [-0.05, 0) is 12.1 Å². The summed E-state index contributed by atoms with van der Waals surface area (Å²) in [5.41, 5.74) is 0. The summed E-state index contributed by atoms with van der Waals surface area (Å²) in [7, 11) is 3.65. The maximum absolute atomic E-state index is 3.78. The molecule has 0 amide bonds. The molecular weight excluding hydrogens is 193 g/mol. The maximum atomic E-state index is 3.78. The third-order valence-electron chi connectivity index (χ3n) is 0.566. The van der Waals surface area contributed by atoms with Gasteiger partial charge in [-0.1, -0.05) is 6.07 Å². The monoisotopic (exact) mass is 198 g/mol. The van der Waals surface area contributed by atoms with Crippen LogP contribution < -0.4 is 29.6 Å². The zero-order valence-electron chi connectivity index (χ0n) is 6.04. The van der Waals surface area contributed by atoms with Crippen LogP contribution in [0.25, 0.3) is 0 Å². The molecule has 0 bridgehead atoms. The van der Waals surface area contributed by atoms with Crippen LogP contribution in [0.4, 0.5) is 0 Å². The van der Waals surface area contributed by atoms with Crippen LogP contribution in [0.3, 0.4) is 0 Å². The first-order chi connectivity index (χ1) is 4.00. The van der Waals surface area contributed by atoms with Crippen molar-refractivity contribution in [2.24, 2.45) is 0 Å². The standard InChI is InChI=1S/C5H5N.Cu.Na.S.H/c1-2-4-6-5-3-1;;;;/h1-5H;;;;/q;;+1;;-1. The number of pyridine rings is 1. The van der Waals surface area contributed by atoms with Crippen molar-refractivity contribution in [1.82, 2.24) is 4.98 Å². The minimum Gasteiger partial charge on any atom is -0.265 e. The molecule has 1 heterocycles. The molecule has 1 aromatic heterocycles. The molecule has 0 unspecified atom stereocenters. The first-order valence-electron chi connectivity index (χ1n) is 1.97. The molecule has 1 nitrogen and oxygen atoms in total. The van der Waals surface area contributed by atoms with Gasteiger partial charge in [0, 0.05) is 12.4 Å². The fourth-order valence-corrected chi connectivity index (χ4v) is 0.313. The van der Waals surface area contributed by atoms with Gasteiger partial charge in [0.2, 0.25) is 0 Å². The quantitative estimate of drug-likeness (QED) is 0.488. The Hall–Kier alpha value is 0.889. The smallest absolute Gasteiger partial charge is 0.0267 e. The van der Waals surface area contributed by atoms with E-state index in [0.717, 1.165) is 0 Å². The second-order valence-electron chi connectivity index (χ2n) is 1.02. The average Bonchev–Trinajstić information content (AvgIpc) is 1.96. The molecule has 0 aromatic carbocycles. The van der Waals surface area contributed by atoms with Crippen LogP contribution in [0.2, 0.25) is 0 Å². The van der Waals surface area contributed by atoms with Gasteiger partial charge in [-0.25, -0.2) is 0 Å². The number of aromatic nitrogens is 1.